The zero-order valence-corrected chi connectivity index (χ0v) is 11.9. The molecule has 6 heteroatoms. The lowest BCUT2D eigenvalue weighted by atomic mass is 10.1. The molecular formula is C15H14ClFN2O2. The number of hydrogen-bond donors (Lipinski definition) is 1. The van der Waals surface area contributed by atoms with Gasteiger partial charge in [-0.05, 0) is 24.6 Å². The topological polar surface area (TPSA) is 55.2 Å². The molecule has 2 rings (SSSR count). The van der Waals surface area contributed by atoms with Crippen LogP contribution in [0.15, 0.2) is 42.5 Å². The zero-order valence-electron chi connectivity index (χ0n) is 11.2. The molecule has 0 heterocycles. The molecule has 0 aliphatic rings. The third-order valence-corrected chi connectivity index (χ3v) is 3.38. The Kier molecular flexibility index (Phi) is 5.25. The number of hydrogen-bond acceptors (Lipinski definition) is 3. The molecule has 1 N–H and O–H groups in total. The van der Waals surface area contributed by atoms with Crippen LogP contribution in [0.2, 0.25) is 5.02 Å². The fourth-order valence-corrected chi connectivity index (χ4v) is 2.12. The summed E-state index contributed by atoms with van der Waals surface area (Å²) in [5, 5.41) is 13.8. The summed E-state index contributed by atoms with van der Waals surface area (Å²) in [5.74, 6) is -0.401. The average Bonchev–Trinajstić information content (AvgIpc) is 2.48. The number of nitro benzene ring substituents is 1. The number of nitro groups is 1. The molecule has 0 radical (unpaired) electrons. The number of nitrogens with one attached hydrogen (secondary N) is 1. The summed E-state index contributed by atoms with van der Waals surface area (Å²) < 4.78 is 13.6. The molecule has 21 heavy (non-hydrogen) atoms. The van der Waals surface area contributed by atoms with E-state index in [2.05, 4.69) is 5.32 Å². The predicted octanol–water partition coefficient (Wildman–Crippen LogP) is 3.72. The largest absolute Gasteiger partial charge is 0.312 e. The third-order valence-electron chi connectivity index (χ3n) is 3.08. The number of non-ortho nitro benzene ring substituents is 1. The fraction of sp³-hybridized carbons (Fsp3) is 0.200. The van der Waals surface area contributed by atoms with Crippen molar-refractivity contribution in [3.63, 3.8) is 0 Å². The molecule has 2 aromatic rings. The van der Waals surface area contributed by atoms with E-state index in [1.807, 2.05) is 0 Å². The van der Waals surface area contributed by atoms with Gasteiger partial charge in [0.25, 0.3) is 5.69 Å². The summed E-state index contributed by atoms with van der Waals surface area (Å²) in [6, 6.07) is 11.3. The van der Waals surface area contributed by atoms with E-state index in [-0.39, 0.29) is 10.7 Å². The normalized spacial score (nSPS) is 10.6. The van der Waals surface area contributed by atoms with E-state index in [0.29, 0.717) is 25.1 Å². The molecule has 0 aliphatic heterocycles. The lowest BCUT2D eigenvalue weighted by Crippen LogP contribution is -2.17. The third kappa shape index (κ3) is 4.24. The van der Waals surface area contributed by atoms with E-state index in [1.54, 1.807) is 24.3 Å². The highest BCUT2D eigenvalue weighted by Gasteiger charge is 2.06. The Morgan fingerprint density at radius 2 is 1.90 bits per heavy atom. The van der Waals surface area contributed by atoms with Gasteiger partial charge in [-0.25, -0.2) is 4.39 Å². The average molecular weight is 309 g/mol. The van der Waals surface area contributed by atoms with Crippen molar-refractivity contribution in [2.75, 3.05) is 6.54 Å². The monoisotopic (exact) mass is 308 g/mol. The summed E-state index contributed by atoms with van der Waals surface area (Å²) in [6.45, 7) is 1.03. The van der Waals surface area contributed by atoms with Crippen LogP contribution < -0.4 is 5.32 Å². The standard InChI is InChI=1S/C15H14ClFN2O2/c16-14-3-1-2-12(15(14)17)10-18-9-8-11-4-6-13(7-5-11)19(20)21/h1-7,18H,8-10H2. The summed E-state index contributed by atoms with van der Waals surface area (Å²) in [6.07, 6.45) is 0.709. The minimum atomic E-state index is -0.427. The molecule has 0 spiro atoms. The molecule has 0 aromatic heterocycles. The summed E-state index contributed by atoms with van der Waals surface area (Å²) in [4.78, 5) is 10.1. The van der Waals surface area contributed by atoms with Crippen molar-refractivity contribution in [2.45, 2.75) is 13.0 Å². The lowest BCUT2D eigenvalue weighted by Gasteiger charge is -2.07. The molecular weight excluding hydrogens is 295 g/mol. The lowest BCUT2D eigenvalue weighted by molar-refractivity contribution is -0.384. The second kappa shape index (κ2) is 7.15. The van der Waals surface area contributed by atoms with Gasteiger partial charge in [0.1, 0.15) is 5.82 Å². The molecule has 2 aromatic carbocycles. The number of rotatable bonds is 6. The van der Waals surface area contributed by atoms with Crippen molar-refractivity contribution >= 4 is 17.3 Å². The van der Waals surface area contributed by atoms with E-state index in [4.69, 9.17) is 11.6 Å². The zero-order chi connectivity index (χ0) is 15.2. The Morgan fingerprint density at radius 3 is 2.57 bits per heavy atom. The van der Waals surface area contributed by atoms with Gasteiger partial charge in [0.2, 0.25) is 0 Å². The van der Waals surface area contributed by atoms with Gasteiger partial charge in [-0.15, -0.1) is 0 Å². The van der Waals surface area contributed by atoms with E-state index in [0.717, 1.165) is 5.56 Å². The first kappa shape index (κ1) is 15.4. The Labute approximate surface area is 126 Å². The molecule has 0 unspecified atom stereocenters. The molecule has 0 saturated heterocycles. The molecule has 0 atom stereocenters. The van der Waals surface area contributed by atoms with Gasteiger partial charge in [0.15, 0.2) is 0 Å². The maximum Gasteiger partial charge on any atom is 0.269 e. The second-order valence-electron chi connectivity index (χ2n) is 4.56. The summed E-state index contributed by atoms with van der Waals surface area (Å²) in [7, 11) is 0. The van der Waals surface area contributed by atoms with Crippen molar-refractivity contribution in [1.82, 2.24) is 5.32 Å². The van der Waals surface area contributed by atoms with Crippen LogP contribution in [0.25, 0.3) is 0 Å². The van der Waals surface area contributed by atoms with Crippen molar-refractivity contribution in [3.05, 3.63) is 74.5 Å². The molecule has 110 valence electrons. The van der Waals surface area contributed by atoms with Crippen molar-refractivity contribution in [3.8, 4) is 0 Å². The van der Waals surface area contributed by atoms with Crippen molar-refractivity contribution in [1.29, 1.82) is 0 Å². The van der Waals surface area contributed by atoms with Crippen LogP contribution in [0.4, 0.5) is 10.1 Å². The maximum atomic E-state index is 13.6. The van der Waals surface area contributed by atoms with E-state index >= 15 is 0 Å². The SMILES string of the molecule is O=[N+]([O-])c1ccc(CCNCc2cccc(Cl)c2F)cc1. The summed E-state index contributed by atoms with van der Waals surface area (Å²) >= 11 is 5.71. The molecule has 0 fully saturated rings. The Morgan fingerprint density at radius 1 is 1.19 bits per heavy atom. The Bertz CT molecular complexity index is 632. The molecule has 0 amide bonds. The van der Waals surface area contributed by atoms with Gasteiger partial charge in [-0.2, -0.15) is 0 Å². The Balaban J connectivity index is 1.82. The van der Waals surface area contributed by atoms with Gasteiger partial charge in [-0.3, -0.25) is 10.1 Å². The van der Waals surface area contributed by atoms with Crippen LogP contribution in [-0.2, 0) is 13.0 Å². The first-order valence-electron chi connectivity index (χ1n) is 6.45. The predicted molar refractivity (Wildman–Crippen MR) is 79.9 cm³/mol. The minimum absolute atomic E-state index is 0.0766. The van der Waals surface area contributed by atoms with Crippen LogP contribution in [-0.4, -0.2) is 11.5 Å². The van der Waals surface area contributed by atoms with Gasteiger partial charge in [-0.1, -0.05) is 35.9 Å². The van der Waals surface area contributed by atoms with Crippen LogP contribution in [0.5, 0.6) is 0 Å². The number of benzene rings is 2. The molecule has 4 nitrogen and oxygen atoms in total. The molecule has 0 bridgehead atoms. The summed E-state index contributed by atoms with van der Waals surface area (Å²) in [5.41, 5.74) is 1.58. The second-order valence-corrected chi connectivity index (χ2v) is 4.97. The molecule has 0 saturated carbocycles. The van der Waals surface area contributed by atoms with Gasteiger partial charge in [0, 0.05) is 24.2 Å². The number of nitrogens with zero attached hydrogens (tertiary/aromatic N) is 1. The van der Waals surface area contributed by atoms with E-state index < -0.39 is 10.7 Å². The van der Waals surface area contributed by atoms with Gasteiger partial charge in [0.05, 0.1) is 9.95 Å². The van der Waals surface area contributed by atoms with Crippen LogP contribution >= 0.6 is 11.6 Å². The smallest absolute Gasteiger partial charge is 0.269 e. The molecule has 0 aliphatic carbocycles. The van der Waals surface area contributed by atoms with E-state index in [9.17, 15) is 14.5 Å². The van der Waals surface area contributed by atoms with Crippen LogP contribution in [0.3, 0.4) is 0 Å². The fourth-order valence-electron chi connectivity index (χ4n) is 1.93. The van der Waals surface area contributed by atoms with Crippen LogP contribution in [0.1, 0.15) is 11.1 Å². The first-order valence-corrected chi connectivity index (χ1v) is 6.82. The van der Waals surface area contributed by atoms with Crippen molar-refractivity contribution in [2.24, 2.45) is 0 Å². The maximum absolute atomic E-state index is 13.6. The quantitative estimate of drug-likeness (QED) is 0.503. The highest BCUT2D eigenvalue weighted by Crippen LogP contribution is 2.17. The van der Waals surface area contributed by atoms with Crippen molar-refractivity contribution < 1.29 is 9.31 Å². The number of halogens is 2. The van der Waals surface area contributed by atoms with Crippen LogP contribution in [0, 0.1) is 15.9 Å². The van der Waals surface area contributed by atoms with Gasteiger partial charge < -0.3 is 5.32 Å². The van der Waals surface area contributed by atoms with E-state index in [1.165, 1.54) is 18.2 Å². The highest BCUT2D eigenvalue weighted by molar-refractivity contribution is 6.30. The Hall–Kier alpha value is -1.98. The first-order chi connectivity index (χ1) is 10.1. The van der Waals surface area contributed by atoms with Gasteiger partial charge >= 0.3 is 0 Å². The minimum Gasteiger partial charge on any atom is -0.312 e. The highest BCUT2D eigenvalue weighted by atomic mass is 35.5.